The Hall–Kier alpha value is -3.96. The Morgan fingerprint density at radius 1 is 1.17 bits per heavy atom. The van der Waals surface area contributed by atoms with Crippen molar-refractivity contribution in [2.75, 3.05) is 30.6 Å². The smallest absolute Gasteiger partial charge is 0.412 e. The van der Waals surface area contributed by atoms with Crippen LogP contribution in [0.1, 0.15) is 25.0 Å². The summed E-state index contributed by atoms with van der Waals surface area (Å²) in [7, 11) is -2.21. The average molecular weight is 611 g/mol. The van der Waals surface area contributed by atoms with Crippen LogP contribution in [0.25, 0.3) is 10.9 Å². The molecule has 1 fully saturated rings. The molecule has 0 bridgehead atoms. The Bertz CT molecular complexity index is 1630. The van der Waals surface area contributed by atoms with Crippen molar-refractivity contribution >= 4 is 38.2 Å². The lowest BCUT2D eigenvalue weighted by Crippen LogP contribution is -2.41. The molecule has 1 aliphatic rings. The lowest BCUT2D eigenvalue weighted by Gasteiger charge is -2.31. The number of ether oxygens (including phenoxy) is 2. The van der Waals surface area contributed by atoms with Gasteiger partial charge >= 0.3 is 12.3 Å². The minimum absolute atomic E-state index is 0.0100. The summed E-state index contributed by atoms with van der Waals surface area (Å²) in [6.45, 7) is -1.77. The lowest BCUT2D eigenvalue weighted by molar-refractivity contribution is -0.140. The molecule has 0 radical (unpaired) electrons. The fourth-order valence-corrected chi connectivity index (χ4v) is 5.39. The molecule has 3 aromatic rings. The summed E-state index contributed by atoms with van der Waals surface area (Å²) in [5.41, 5.74) is 6.75. The van der Waals surface area contributed by atoms with E-state index in [4.69, 9.17) is 15.2 Å². The van der Waals surface area contributed by atoms with Gasteiger partial charge in [0.2, 0.25) is 0 Å². The number of hydrogen-bond donors (Lipinski definition) is 3. The molecule has 1 saturated carbocycles. The van der Waals surface area contributed by atoms with E-state index < -0.39 is 47.5 Å². The number of benzene rings is 2. The normalized spacial score (nSPS) is 19.1. The SMILES string of the molecule is COc1cc(S(C)(=O)=O)ccc1NC(=O)OCC#Cc1cc2c(NC3CCC(N)CC3F)cccc2n1CC(F)(F)F. The zero-order chi connectivity index (χ0) is 30.7. The van der Waals surface area contributed by atoms with E-state index in [2.05, 4.69) is 22.5 Å². The Morgan fingerprint density at radius 2 is 1.93 bits per heavy atom. The zero-order valence-corrected chi connectivity index (χ0v) is 23.6. The molecule has 226 valence electrons. The highest BCUT2D eigenvalue weighted by molar-refractivity contribution is 7.90. The molecule has 1 aliphatic carbocycles. The molecule has 1 amide bonds. The number of amides is 1. The van der Waals surface area contributed by atoms with Gasteiger partial charge in [-0.25, -0.2) is 17.6 Å². The van der Waals surface area contributed by atoms with Gasteiger partial charge in [-0.1, -0.05) is 12.0 Å². The van der Waals surface area contributed by atoms with Crippen LogP contribution >= 0.6 is 0 Å². The van der Waals surface area contributed by atoms with E-state index in [9.17, 15) is 30.8 Å². The molecule has 9 nitrogen and oxygen atoms in total. The number of methoxy groups -OCH3 is 1. The minimum atomic E-state index is -4.54. The number of anilines is 2. The summed E-state index contributed by atoms with van der Waals surface area (Å²) in [6.07, 6.45) is -4.33. The predicted molar refractivity (Wildman–Crippen MR) is 150 cm³/mol. The van der Waals surface area contributed by atoms with E-state index in [0.717, 1.165) is 10.8 Å². The molecule has 42 heavy (non-hydrogen) atoms. The van der Waals surface area contributed by atoms with Gasteiger partial charge in [0, 0.05) is 29.4 Å². The lowest BCUT2D eigenvalue weighted by atomic mass is 9.90. The Kier molecular flexibility index (Phi) is 9.22. The molecule has 0 spiro atoms. The fourth-order valence-electron chi connectivity index (χ4n) is 4.75. The van der Waals surface area contributed by atoms with Gasteiger partial charge in [-0.05, 0) is 55.5 Å². The number of rotatable bonds is 7. The van der Waals surface area contributed by atoms with Gasteiger partial charge in [0.1, 0.15) is 18.5 Å². The van der Waals surface area contributed by atoms with E-state index in [1.807, 2.05) is 0 Å². The van der Waals surface area contributed by atoms with Crippen molar-refractivity contribution < 1.29 is 40.2 Å². The molecule has 3 atom stereocenters. The molecular formula is C28H30F4N4O5S. The summed E-state index contributed by atoms with van der Waals surface area (Å²) >= 11 is 0. The summed E-state index contributed by atoms with van der Waals surface area (Å²) in [6, 6.07) is 9.36. The number of halogens is 4. The minimum Gasteiger partial charge on any atom is -0.495 e. The second-order valence-corrected chi connectivity index (χ2v) is 12.0. The van der Waals surface area contributed by atoms with Crippen LogP contribution in [0.15, 0.2) is 47.4 Å². The number of nitrogens with two attached hydrogens (primary N) is 1. The van der Waals surface area contributed by atoms with E-state index in [-0.39, 0.29) is 40.0 Å². The van der Waals surface area contributed by atoms with Crippen molar-refractivity contribution in [1.82, 2.24) is 4.57 Å². The van der Waals surface area contributed by atoms with Crippen molar-refractivity contribution in [2.45, 2.75) is 55.1 Å². The maximum atomic E-state index is 14.6. The molecular weight excluding hydrogens is 580 g/mol. The zero-order valence-electron chi connectivity index (χ0n) is 22.8. The van der Waals surface area contributed by atoms with Crippen LogP contribution in [0, 0.1) is 11.8 Å². The molecule has 1 heterocycles. The number of carbonyl (C=O) groups excluding carboxylic acids is 1. The Balaban J connectivity index is 1.51. The number of nitrogens with one attached hydrogen (secondary N) is 2. The second-order valence-electron chi connectivity index (χ2n) is 9.95. The molecule has 3 unspecified atom stereocenters. The van der Waals surface area contributed by atoms with Crippen molar-refractivity contribution in [3.05, 3.63) is 48.2 Å². The number of aromatic nitrogens is 1. The van der Waals surface area contributed by atoms with Gasteiger partial charge in [0.05, 0.1) is 34.9 Å². The van der Waals surface area contributed by atoms with Crippen LogP contribution in [-0.4, -0.2) is 63.5 Å². The van der Waals surface area contributed by atoms with Gasteiger partial charge < -0.3 is 25.1 Å². The maximum absolute atomic E-state index is 14.6. The standard InChI is InChI=1S/C28H30F4N4O5S/c1-40-26-15-19(42(2,38)39)9-11-24(26)35-27(37)41-12-4-5-18-14-20-22(34-23-10-8-17(33)13-21(23)29)6-3-7-25(20)36(18)16-28(30,31)32/h3,6-7,9,11,14-15,17,21,23,34H,8,10,12-13,16,33H2,1-2H3,(H,35,37). The van der Waals surface area contributed by atoms with Crippen LogP contribution in [0.5, 0.6) is 5.75 Å². The maximum Gasteiger partial charge on any atom is 0.412 e. The summed E-state index contributed by atoms with van der Waals surface area (Å²) in [4.78, 5) is 12.3. The largest absolute Gasteiger partial charge is 0.495 e. The van der Waals surface area contributed by atoms with Crippen molar-refractivity contribution in [1.29, 1.82) is 0 Å². The Morgan fingerprint density at radius 3 is 2.60 bits per heavy atom. The fraction of sp³-hybridized carbons (Fsp3) is 0.393. The van der Waals surface area contributed by atoms with Crippen LogP contribution in [-0.2, 0) is 21.1 Å². The number of hydrogen-bond acceptors (Lipinski definition) is 7. The number of nitrogens with zero attached hydrogens (tertiary/aromatic N) is 1. The summed E-state index contributed by atoms with van der Waals surface area (Å²) < 4.78 is 89.7. The molecule has 14 heteroatoms. The van der Waals surface area contributed by atoms with E-state index in [0.29, 0.717) is 23.9 Å². The first kappa shape index (κ1) is 31.0. The first-order chi connectivity index (χ1) is 19.7. The third-order valence-corrected chi connectivity index (χ3v) is 7.88. The number of sulfone groups is 1. The monoisotopic (exact) mass is 610 g/mol. The third-order valence-electron chi connectivity index (χ3n) is 6.77. The highest BCUT2D eigenvalue weighted by Crippen LogP contribution is 2.33. The van der Waals surface area contributed by atoms with Gasteiger partial charge in [0.25, 0.3) is 0 Å². The van der Waals surface area contributed by atoms with Gasteiger partial charge in [-0.2, -0.15) is 13.2 Å². The van der Waals surface area contributed by atoms with E-state index >= 15 is 0 Å². The predicted octanol–water partition coefficient (Wildman–Crippen LogP) is 4.85. The number of carbonyl (C=O) groups is 1. The molecule has 4 N–H and O–H groups in total. The first-order valence-corrected chi connectivity index (χ1v) is 14.8. The average Bonchev–Trinajstić information content (AvgIpc) is 3.24. The molecule has 0 aliphatic heterocycles. The first-order valence-electron chi connectivity index (χ1n) is 12.9. The second kappa shape index (κ2) is 12.5. The highest BCUT2D eigenvalue weighted by atomic mass is 32.2. The van der Waals surface area contributed by atoms with Gasteiger partial charge in [-0.3, -0.25) is 5.32 Å². The molecule has 4 rings (SSSR count). The highest BCUT2D eigenvalue weighted by Gasteiger charge is 2.31. The molecule has 1 aromatic heterocycles. The topological polar surface area (TPSA) is 125 Å². The Labute approximate surface area is 240 Å². The summed E-state index contributed by atoms with van der Waals surface area (Å²) in [5.74, 6) is 5.27. The number of alkyl halides is 4. The molecule has 0 saturated heterocycles. The van der Waals surface area contributed by atoms with E-state index in [1.54, 1.807) is 12.1 Å². The van der Waals surface area contributed by atoms with Crippen molar-refractivity contribution in [3.8, 4) is 17.6 Å². The quantitative estimate of drug-likeness (QED) is 0.258. The van der Waals surface area contributed by atoms with Gasteiger partial charge in [0.15, 0.2) is 16.4 Å². The summed E-state index contributed by atoms with van der Waals surface area (Å²) in [5, 5.41) is 5.98. The van der Waals surface area contributed by atoms with Crippen LogP contribution in [0.3, 0.4) is 0 Å². The van der Waals surface area contributed by atoms with E-state index in [1.165, 1.54) is 37.4 Å². The van der Waals surface area contributed by atoms with Crippen LogP contribution < -0.4 is 21.1 Å². The van der Waals surface area contributed by atoms with Crippen LogP contribution in [0.4, 0.5) is 33.7 Å². The van der Waals surface area contributed by atoms with Crippen LogP contribution in [0.2, 0.25) is 0 Å². The van der Waals surface area contributed by atoms with Crippen molar-refractivity contribution in [2.24, 2.45) is 5.73 Å². The third kappa shape index (κ3) is 7.65. The van der Waals surface area contributed by atoms with Gasteiger partial charge in [-0.15, -0.1) is 0 Å². The number of fused-ring (bicyclic) bond motifs is 1. The van der Waals surface area contributed by atoms with Crippen molar-refractivity contribution in [3.63, 3.8) is 0 Å². The molecule has 2 aromatic carbocycles.